The van der Waals surface area contributed by atoms with E-state index in [4.69, 9.17) is 4.74 Å². The summed E-state index contributed by atoms with van der Waals surface area (Å²) in [7, 11) is -2.27. The van der Waals surface area contributed by atoms with Gasteiger partial charge in [-0.2, -0.15) is 13.5 Å². The van der Waals surface area contributed by atoms with E-state index in [1.54, 1.807) is 44.5 Å². The SMILES string of the molecule is COc1ccc(-n2ncc3c2S(=O)(=O)N(c2ccc(F)cc2)C3C)cc1. The molecule has 0 saturated heterocycles. The molecule has 1 aliphatic heterocycles. The molecular weight excluding hydrogens is 357 g/mol. The van der Waals surface area contributed by atoms with E-state index in [2.05, 4.69) is 5.10 Å². The molecule has 0 saturated carbocycles. The van der Waals surface area contributed by atoms with Gasteiger partial charge < -0.3 is 4.74 Å². The van der Waals surface area contributed by atoms with Gasteiger partial charge in [0.05, 0.1) is 30.7 Å². The van der Waals surface area contributed by atoms with Gasteiger partial charge in [-0.05, 0) is 55.5 Å². The lowest BCUT2D eigenvalue weighted by molar-refractivity contribution is 0.414. The van der Waals surface area contributed by atoms with Crippen molar-refractivity contribution in [1.82, 2.24) is 9.78 Å². The molecule has 1 aromatic heterocycles. The zero-order valence-corrected chi connectivity index (χ0v) is 14.9. The Morgan fingerprint density at radius 2 is 1.65 bits per heavy atom. The van der Waals surface area contributed by atoms with Crippen molar-refractivity contribution in [2.75, 3.05) is 11.4 Å². The second-order valence-electron chi connectivity index (χ2n) is 5.97. The Kier molecular flexibility index (Phi) is 3.73. The van der Waals surface area contributed by atoms with Crippen LogP contribution in [0.4, 0.5) is 10.1 Å². The Morgan fingerprint density at radius 3 is 2.27 bits per heavy atom. The van der Waals surface area contributed by atoms with Crippen LogP contribution in [0, 0.1) is 5.82 Å². The fourth-order valence-corrected chi connectivity index (χ4v) is 5.19. The first-order valence-electron chi connectivity index (χ1n) is 7.96. The van der Waals surface area contributed by atoms with Crippen molar-refractivity contribution < 1.29 is 17.5 Å². The summed E-state index contributed by atoms with van der Waals surface area (Å²) in [6, 6.07) is 11.9. The highest BCUT2D eigenvalue weighted by Gasteiger charge is 2.44. The predicted octanol–water partition coefficient (Wildman–Crippen LogP) is 3.29. The van der Waals surface area contributed by atoms with Crippen molar-refractivity contribution in [3.63, 3.8) is 0 Å². The third kappa shape index (κ3) is 2.37. The summed E-state index contributed by atoms with van der Waals surface area (Å²) in [5, 5.41) is 4.39. The van der Waals surface area contributed by atoms with Gasteiger partial charge in [-0.25, -0.2) is 9.07 Å². The zero-order valence-electron chi connectivity index (χ0n) is 14.1. The molecule has 6 nitrogen and oxygen atoms in total. The molecule has 1 aliphatic rings. The first kappa shape index (κ1) is 16.6. The Hall–Kier alpha value is -2.87. The molecule has 0 radical (unpaired) electrons. The number of methoxy groups -OCH3 is 1. The summed E-state index contributed by atoms with van der Waals surface area (Å²) in [6.45, 7) is 1.78. The number of aromatic nitrogens is 2. The number of anilines is 1. The number of rotatable bonds is 3. The molecule has 2 heterocycles. The number of fused-ring (bicyclic) bond motifs is 1. The van der Waals surface area contributed by atoms with E-state index in [0.29, 0.717) is 22.7 Å². The first-order chi connectivity index (χ1) is 12.4. The number of ether oxygens (including phenoxy) is 1. The van der Waals surface area contributed by atoms with E-state index in [9.17, 15) is 12.8 Å². The molecule has 0 N–H and O–H groups in total. The van der Waals surface area contributed by atoms with Gasteiger partial charge in [0.25, 0.3) is 10.0 Å². The molecule has 134 valence electrons. The summed E-state index contributed by atoms with van der Waals surface area (Å²) in [5.41, 5.74) is 1.63. The van der Waals surface area contributed by atoms with Gasteiger partial charge in [-0.3, -0.25) is 4.31 Å². The fraction of sp³-hybridized carbons (Fsp3) is 0.167. The van der Waals surface area contributed by atoms with Crippen molar-refractivity contribution >= 4 is 15.7 Å². The van der Waals surface area contributed by atoms with Gasteiger partial charge in [0.2, 0.25) is 0 Å². The molecule has 4 rings (SSSR count). The normalized spacial score (nSPS) is 18.0. The predicted molar refractivity (Wildman–Crippen MR) is 94.6 cm³/mol. The van der Waals surface area contributed by atoms with E-state index in [1.807, 2.05) is 0 Å². The maximum Gasteiger partial charge on any atom is 0.282 e. The highest BCUT2D eigenvalue weighted by Crippen LogP contribution is 2.43. The van der Waals surface area contributed by atoms with Gasteiger partial charge in [0.1, 0.15) is 11.6 Å². The maximum absolute atomic E-state index is 13.2. The van der Waals surface area contributed by atoms with Gasteiger partial charge >= 0.3 is 0 Å². The lowest BCUT2D eigenvalue weighted by Crippen LogP contribution is -2.28. The largest absolute Gasteiger partial charge is 0.497 e. The van der Waals surface area contributed by atoms with Crippen LogP contribution >= 0.6 is 0 Å². The molecule has 0 fully saturated rings. The van der Waals surface area contributed by atoms with E-state index < -0.39 is 21.9 Å². The van der Waals surface area contributed by atoms with Crippen LogP contribution in [0.25, 0.3) is 5.69 Å². The molecular formula is C18H16FN3O3S. The molecule has 1 atom stereocenters. The van der Waals surface area contributed by atoms with Crippen LogP contribution < -0.4 is 9.04 Å². The van der Waals surface area contributed by atoms with Crippen LogP contribution in [0.2, 0.25) is 0 Å². The Balaban J connectivity index is 1.83. The van der Waals surface area contributed by atoms with Crippen LogP contribution in [0.3, 0.4) is 0 Å². The van der Waals surface area contributed by atoms with Gasteiger partial charge in [0, 0.05) is 5.56 Å². The molecule has 2 aromatic carbocycles. The number of benzene rings is 2. The molecule has 0 aliphatic carbocycles. The van der Waals surface area contributed by atoms with Crippen molar-refractivity contribution in [2.45, 2.75) is 18.0 Å². The number of halogens is 1. The minimum atomic E-state index is -3.83. The van der Waals surface area contributed by atoms with E-state index in [0.717, 1.165) is 0 Å². The standard InChI is InChI=1S/C18H16FN3O3S/c1-12-17-11-20-21(14-7-9-16(25-2)10-8-14)18(17)26(23,24)22(12)15-5-3-13(19)4-6-15/h3-12H,1-2H3. The molecule has 8 heteroatoms. The average Bonchev–Trinajstić information content (AvgIpc) is 3.16. The summed E-state index contributed by atoms with van der Waals surface area (Å²) < 4.78 is 47.5. The van der Waals surface area contributed by atoms with Gasteiger partial charge in [-0.1, -0.05) is 0 Å². The zero-order chi connectivity index (χ0) is 18.5. The van der Waals surface area contributed by atoms with Crippen LogP contribution in [0.5, 0.6) is 5.75 Å². The summed E-state index contributed by atoms with van der Waals surface area (Å²) in [5.74, 6) is 0.252. The van der Waals surface area contributed by atoms with E-state index in [-0.39, 0.29) is 5.03 Å². The summed E-state index contributed by atoms with van der Waals surface area (Å²) in [6.07, 6.45) is 1.56. The quantitative estimate of drug-likeness (QED) is 0.707. The third-order valence-corrected chi connectivity index (χ3v) is 6.40. The van der Waals surface area contributed by atoms with Crippen LogP contribution in [0.1, 0.15) is 18.5 Å². The molecule has 0 amide bonds. The Morgan fingerprint density at radius 1 is 1.04 bits per heavy atom. The smallest absolute Gasteiger partial charge is 0.282 e. The number of nitrogens with zero attached hydrogens (tertiary/aromatic N) is 3. The topological polar surface area (TPSA) is 64.4 Å². The van der Waals surface area contributed by atoms with Gasteiger partial charge in [0.15, 0.2) is 5.03 Å². The third-order valence-electron chi connectivity index (χ3n) is 4.45. The minimum absolute atomic E-state index is 0.125. The van der Waals surface area contributed by atoms with Gasteiger partial charge in [-0.15, -0.1) is 0 Å². The van der Waals surface area contributed by atoms with Crippen LogP contribution in [-0.2, 0) is 10.0 Å². The highest BCUT2D eigenvalue weighted by molar-refractivity contribution is 7.93. The van der Waals surface area contributed by atoms with Crippen molar-refractivity contribution in [1.29, 1.82) is 0 Å². The molecule has 3 aromatic rings. The number of hydrogen-bond donors (Lipinski definition) is 0. The molecule has 26 heavy (non-hydrogen) atoms. The maximum atomic E-state index is 13.2. The van der Waals surface area contributed by atoms with Crippen molar-refractivity contribution in [3.05, 3.63) is 66.1 Å². The van der Waals surface area contributed by atoms with Crippen molar-refractivity contribution in [3.8, 4) is 11.4 Å². The summed E-state index contributed by atoms with van der Waals surface area (Å²) >= 11 is 0. The lowest BCUT2D eigenvalue weighted by atomic mass is 10.2. The molecule has 1 unspecified atom stereocenters. The monoisotopic (exact) mass is 373 g/mol. The second-order valence-corrected chi connectivity index (χ2v) is 7.70. The van der Waals surface area contributed by atoms with E-state index in [1.165, 1.54) is 33.3 Å². The second kappa shape index (κ2) is 5.84. The van der Waals surface area contributed by atoms with Crippen LogP contribution in [-0.4, -0.2) is 25.3 Å². The van der Waals surface area contributed by atoms with Crippen LogP contribution in [0.15, 0.2) is 59.8 Å². The Bertz CT molecular complexity index is 1060. The highest BCUT2D eigenvalue weighted by atomic mass is 32.2. The molecule has 0 spiro atoms. The Labute approximate surface area is 150 Å². The molecule has 0 bridgehead atoms. The first-order valence-corrected chi connectivity index (χ1v) is 9.40. The average molecular weight is 373 g/mol. The fourth-order valence-electron chi connectivity index (χ4n) is 3.18. The summed E-state index contributed by atoms with van der Waals surface area (Å²) in [4.78, 5) is 0. The number of sulfonamides is 1. The lowest BCUT2D eigenvalue weighted by Gasteiger charge is -2.23. The van der Waals surface area contributed by atoms with Crippen molar-refractivity contribution in [2.24, 2.45) is 0 Å². The van der Waals surface area contributed by atoms with E-state index >= 15 is 0 Å². The number of hydrogen-bond acceptors (Lipinski definition) is 4. The minimum Gasteiger partial charge on any atom is -0.497 e.